The van der Waals surface area contributed by atoms with E-state index in [4.69, 9.17) is 16.7 Å². The fourth-order valence-electron chi connectivity index (χ4n) is 1.51. The zero-order valence-electron chi connectivity index (χ0n) is 8.69. The zero-order chi connectivity index (χ0) is 12.8. The van der Waals surface area contributed by atoms with Crippen LogP contribution in [0.1, 0.15) is 5.82 Å². The third kappa shape index (κ3) is 2.04. The van der Waals surface area contributed by atoms with E-state index in [-0.39, 0.29) is 15.3 Å². The molecule has 0 unspecified atom stereocenters. The summed E-state index contributed by atoms with van der Waals surface area (Å²) in [6.07, 6.45) is 0. The van der Waals surface area contributed by atoms with Crippen LogP contribution in [0.5, 0.6) is 0 Å². The van der Waals surface area contributed by atoms with Gasteiger partial charge in [0.1, 0.15) is 10.7 Å². The molecule has 0 aliphatic heterocycles. The normalized spacial score (nSPS) is 11.9. The molecule has 1 aromatic carbocycles. The lowest BCUT2D eigenvalue weighted by Gasteiger charge is -2.05. The molecule has 2 rings (SSSR count). The highest BCUT2D eigenvalue weighted by molar-refractivity contribution is 7.89. The lowest BCUT2D eigenvalue weighted by molar-refractivity contribution is 0.598. The lowest BCUT2D eigenvalue weighted by Crippen LogP contribution is -2.15. The molecule has 2 aromatic rings. The number of sulfonamides is 1. The second kappa shape index (κ2) is 3.80. The quantitative estimate of drug-likeness (QED) is 0.790. The van der Waals surface area contributed by atoms with E-state index in [1.807, 2.05) is 0 Å². The van der Waals surface area contributed by atoms with E-state index in [2.05, 4.69) is 9.97 Å². The molecule has 0 spiro atoms. The molecule has 0 amide bonds. The van der Waals surface area contributed by atoms with Crippen LogP contribution in [0.2, 0.25) is 5.02 Å². The topological polar surface area (TPSA) is 106 Å². The van der Waals surface area contributed by atoms with Crippen LogP contribution in [0, 0.1) is 6.92 Å². The summed E-state index contributed by atoms with van der Waals surface area (Å²) < 4.78 is 22.5. The summed E-state index contributed by atoms with van der Waals surface area (Å²) in [7, 11) is -3.96. The van der Waals surface area contributed by atoms with Crippen LogP contribution in [0.3, 0.4) is 0 Å². The molecule has 0 bridgehead atoms. The summed E-state index contributed by atoms with van der Waals surface area (Å²) in [5.74, 6) is 0.418. The van der Waals surface area contributed by atoms with Crippen molar-refractivity contribution in [1.82, 2.24) is 9.97 Å². The number of halogens is 1. The van der Waals surface area contributed by atoms with E-state index in [9.17, 15) is 13.2 Å². The highest BCUT2D eigenvalue weighted by Gasteiger charge is 2.17. The maximum absolute atomic E-state index is 11.7. The minimum atomic E-state index is -3.96. The highest BCUT2D eigenvalue weighted by Crippen LogP contribution is 2.26. The highest BCUT2D eigenvalue weighted by atomic mass is 35.5. The third-order valence-electron chi connectivity index (χ3n) is 2.20. The Balaban J connectivity index is 3.00. The average molecular weight is 274 g/mol. The summed E-state index contributed by atoms with van der Waals surface area (Å²) in [5, 5.41) is 4.79. The molecule has 0 aliphatic carbocycles. The Kier molecular flexibility index (Phi) is 2.69. The van der Waals surface area contributed by atoms with Crippen LogP contribution in [0.25, 0.3) is 10.9 Å². The summed E-state index contributed by atoms with van der Waals surface area (Å²) >= 11 is 5.86. The molecule has 0 saturated heterocycles. The number of hydrogen-bond acceptors (Lipinski definition) is 4. The molecule has 3 N–H and O–H groups in total. The van der Waals surface area contributed by atoms with Crippen LogP contribution in [-0.2, 0) is 10.0 Å². The smallest absolute Gasteiger partial charge is 0.260 e. The summed E-state index contributed by atoms with van der Waals surface area (Å²) in [6, 6.07) is 2.62. The number of nitrogens with two attached hydrogens (primary N) is 1. The van der Waals surface area contributed by atoms with Gasteiger partial charge in [-0.15, -0.1) is 0 Å². The molecule has 0 aliphatic rings. The second-order valence-electron chi connectivity index (χ2n) is 3.47. The van der Waals surface area contributed by atoms with Crippen molar-refractivity contribution in [2.45, 2.75) is 11.8 Å². The number of nitrogens with one attached hydrogen (secondary N) is 1. The Labute approximate surface area is 101 Å². The van der Waals surface area contributed by atoms with Gasteiger partial charge in [0.2, 0.25) is 10.0 Å². The second-order valence-corrected chi connectivity index (χ2v) is 5.38. The standard InChI is InChI=1S/C9H8ClN3O3S/c1-4-12-5-2-3-6(17(11,15)16)8(10)7(5)9(14)13-4/h2-3H,1H3,(H2,11,15,16)(H,12,13,14). The van der Waals surface area contributed by atoms with Gasteiger partial charge in [0.15, 0.2) is 0 Å². The SMILES string of the molecule is Cc1nc2ccc(S(N)(=O)=O)c(Cl)c2c(=O)[nH]1. The number of nitrogens with zero attached hydrogens (tertiary/aromatic N) is 1. The lowest BCUT2D eigenvalue weighted by atomic mass is 10.2. The number of aromatic nitrogens is 2. The molecule has 17 heavy (non-hydrogen) atoms. The first-order chi connectivity index (χ1) is 7.80. The van der Waals surface area contributed by atoms with Crippen LogP contribution in [-0.4, -0.2) is 18.4 Å². The first-order valence-corrected chi connectivity index (χ1v) is 6.45. The zero-order valence-corrected chi connectivity index (χ0v) is 10.3. The van der Waals surface area contributed by atoms with Gasteiger partial charge in [0, 0.05) is 0 Å². The van der Waals surface area contributed by atoms with Gasteiger partial charge in [-0.1, -0.05) is 11.6 Å². The Morgan fingerprint density at radius 2 is 2.06 bits per heavy atom. The summed E-state index contributed by atoms with van der Waals surface area (Å²) in [6.45, 7) is 1.61. The van der Waals surface area contributed by atoms with Crippen molar-refractivity contribution in [2.75, 3.05) is 0 Å². The summed E-state index contributed by atoms with van der Waals surface area (Å²) in [5.41, 5.74) is -0.174. The van der Waals surface area contributed by atoms with Crippen molar-refractivity contribution >= 4 is 32.5 Å². The van der Waals surface area contributed by atoms with Gasteiger partial charge < -0.3 is 4.98 Å². The molecule has 0 saturated carbocycles. The first-order valence-electron chi connectivity index (χ1n) is 4.52. The minimum Gasteiger partial charge on any atom is -0.310 e. The number of fused-ring (bicyclic) bond motifs is 1. The van der Waals surface area contributed by atoms with E-state index in [0.717, 1.165) is 0 Å². The van der Waals surface area contributed by atoms with E-state index >= 15 is 0 Å². The number of hydrogen-bond donors (Lipinski definition) is 2. The van der Waals surface area contributed by atoms with Gasteiger partial charge in [-0.2, -0.15) is 0 Å². The number of primary sulfonamides is 1. The van der Waals surface area contributed by atoms with Gasteiger partial charge in [0.25, 0.3) is 5.56 Å². The molecule has 8 heteroatoms. The van der Waals surface area contributed by atoms with Crippen LogP contribution in [0.4, 0.5) is 0 Å². The Morgan fingerprint density at radius 3 is 2.65 bits per heavy atom. The Morgan fingerprint density at radius 1 is 1.41 bits per heavy atom. The van der Waals surface area contributed by atoms with Crippen LogP contribution >= 0.6 is 11.6 Å². The molecule has 1 aromatic heterocycles. The van der Waals surface area contributed by atoms with Crippen LogP contribution in [0.15, 0.2) is 21.8 Å². The van der Waals surface area contributed by atoms with E-state index in [1.165, 1.54) is 12.1 Å². The molecular weight excluding hydrogens is 266 g/mol. The molecule has 0 radical (unpaired) electrons. The fourth-order valence-corrected chi connectivity index (χ4v) is 2.69. The summed E-state index contributed by atoms with van der Waals surface area (Å²) in [4.78, 5) is 17.9. The predicted molar refractivity (Wildman–Crippen MR) is 63.5 cm³/mol. The Hall–Kier alpha value is -1.44. The average Bonchev–Trinajstić information content (AvgIpc) is 2.14. The number of aryl methyl sites for hydroxylation is 1. The van der Waals surface area contributed by atoms with E-state index in [1.54, 1.807) is 6.92 Å². The van der Waals surface area contributed by atoms with Crippen molar-refractivity contribution in [2.24, 2.45) is 5.14 Å². The van der Waals surface area contributed by atoms with Gasteiger partial charge in [-0.25, -0.2) is 18.5 Å². The minimum absolute atomic E-state index is 0.0174. The molecule has 0 atom stereocenters. The largest absolute Gasteiger partial charge is 0.310 e. The number of aromatic amines is 1. The van der Waals surface area contributed by atoms with Crippen molar-refractivity contribution in [3.63, 3.8) is 0 Å². The number of rotatable bonds is 1. The van der Waals surface area contributed by atoms with Gasteiger partial charge in [0.05, 0.1) is 15.9 Å². The molecule has 1 heterocycles. The number of benzene rings is 1. The number of H-pyrrole nitrogens is 1. The molecule has 90 valence electrons. The van der Waals surface area contributed by atoms with Crippen molar-refractivity contribution in [3.8, 4) is 0 Å². The van der Waals surface area contributed by atoms with Gasteiger partial charge >= 0.3 is 0 Å². The molecular formula is C9H8ClN3O3S. The predicted octanol–water partition coefficient (Wildman–Crippen LogP) is 0.532. The molecule has 6 nitrogen and oxygen atoms in total. The van der Waals surface area contributed by atoms with Gasteiger partial charge in [-0.3, -0.25) is 4.79 Å². The van der Waals surface area contributed by atoms with Gasteiger partial charge in [-0.05, 0) is 19.1 Å². The molecule has 0 fully saturated rings. The monoisotopic (exact) mass is 273 g/mol. The first kappa shape index (κ1) is 12.0. The maximum atomic E-state index is 11.7. The van der Waals surface area contributed by atoms with E-state index < -0.39 is 15.6 Å². The Bertz CT molecular complexity index is 767. The van der Waals surface area contributed by atoms with E-state index in [0.29, 0.717) is 11.3 Å². The third-order valence-corrected chi connectivity index (χ3v) is 3.66. The fraction of sp³-hybridized carbons (Fsp3) is 0.111. The van der Waals surface area contributed by atoms with Crippen molar-refractivity contribution in [3.05, 3.63) is 33.3 Å². The van der Waals surface area contributed by atoms with Crippen molar-refractivity contribution in [1.29, 1.82) is 0 Å². The van der Waals surface area contributed by atoms with Crippen LogP contribution < -0.4 is 10.7 Å². The van der Waals surface area contributed by atoms with Crippen molar-refractivity contribution < 1.29 is 8.42 Å². The maximum Gasteiger partial charge on any atom is 0.260 e.